The summed E-state index contributed by atoms with van der Waals surface area (Å²) in [5.41, 5.74) is 1.92. The quantitative estimate of drug-likeness (QED) is 0.628. The number of nitrogens with one attached hydrogen (secondary N) is 1. The molecule has 0 spiro atoms. The molecule has 0 aliphatic carbocycles. The summed E-state index contributed by atoms with van der Waals surface area (Å²) < 4.78 is 0. The molecule has 0 radical (unpaired) electrons. The van der Waals surface area contributed by atoms with Crippen LogP contribution in [0.15, 0.2) is 48.5 Å². The topological polar surface area (TPSA) is 49.4 Å². The maximum Gasteiger partial charge on any atom is 0.242 e. The Kier molecular flexibility index (Phi) is 8.81. The average molecular weight is 421 g/mol. The Bertz CT molecular complexity index is 796. The third kappa shape index (κ3) is 6.54. The van der Waals surface area contributed by atoms with Gasteiger partial charge in [0.15, 0.2) is 0 Å². The minimum absolute atomic E-state index is 0.0749. The lowest BCUT2D eigenvalue weighted by Crippen LogP contribution is -2.47. The summed E-state index contributed by atoms with van der Waals surface area (Å²) in [5, 5.41) is 3.76. The van der Waals surface area contributed by atoms with E-state index in [0.717, 1.165) is 17.5 Å². The van der Waals surface area contributed by atoms with E-state index < -0.39 is 6.04 Å². The van der Waals surface area contributed by atoms with Gasteiger partial charge in [-0.2, -0.15) is 0 Å². The Morgan fingerprint density at radius 1 is 1.04 bits per heavy atom. The van der Waals surface area contributed by atoms with Gasteiger partial charge in [0.1, 0.15) is 6.04 Å². The van der Waals surface area contributed by atoms with Crippen LogP contribution in [0.25, 0.3) is 0 Å². The third-order valence-electron chi connectivity index (χ3n) is 4.52. The first-order chi connectivity index (χ1) is 13.4. The highest BCUT2D eigenvalue weighted by Crippen LogP contribution is 2.24. The zero-order valence-electron chi connectivity index (χ0n) is 16.3. The minimum atomic E-state index is -0.579. The van der Waals surface area contributed by atoms with Crippen LogP contribution in [0.4, 0.5) is 0 Å². The Labute approximate surface area is 176 Å². The second-order valence-electron chi connectivity index (χ2n) is 6.72. The normalized spacial score (nSPS) is 11.7. The van der Waals surface area contributed by atoms with Crippen LogP contribution < -0.4 is 5.32 Å². The fourth-order valence-corrected chi connectivity index (χ4v) is 3.17. The van der Waals surface area contributed by atoms with Gasteiger partial charge in [-0.15, -0.1) is 0 Å². The third-order valence-corrected chi connectivity index (χ3v) is 5.26. The lowest BCUT2D eigenvalue weighted by Gasteiger charge is -2.29. The molecule has 2 amide bonds. The van der Waals surface area contributed by atoms with E-state index in [1.54, 1.807) is 24.0 Å². The highest BCUT2D eigenvalue weighted by Gasteiger charge is 2.25. The van der Waals surface area contributed by atoms with Gasteiger partial charge in [0.05, 0.1) is 10.0 Å². The molecule has 0 bridgehead atoms. The van der Waals surface area contributed by atoms with Gasteiger partial charge in [0.2, 0.25) is 11.8 Å². The molecule has 2 rings (SSSR count). The zero-order chi connectivity index (χ0) is 20.5. The summed E-state index contributed by atoms with van der Waals surface area (Å²) in [7, 11) is 0. The number of halogens is 2. The maximum absolute atomic E-state index is 13.0. The number of benzene rings is 2. The van der Waals surface area contributed by atoms with Crippen LogP contribution in [0, 0.1) is 0 Å². The van der Waals surface area contributed by atoms with Crippen molar-refractivity contribution in [2.24, 2.45) is 0 Å². The molecule has 6 heteroatoms. The van der Waals surface area contributed by atoms with E-state index in [4.69, 9.17) is 23.2 Å². The summed E-state index contributed by atoms with van der Waals surface area (Å²) in [6.07, 6.45) is 1.80. The fourth-order valence-electron chi connectivity index (χ4n) is 2.85. The molecule has 0 fully saturated rings. The molecule has 4 nitrogen and oxygen atoms in total. The van der Waals surface area contributed by atoms with Crippen molar-refractivity contribution in [1.29, 1.82) is 0 Å². The summed E-state index contributed by atoms with van der Waals surface area (Å²) in [6.45, 7) is 4.62. The molecule has 0 saturated heterocycles. The predicted octanol–water partition coefficient (Wildman–Crippen LogP) is 4.87. The standard InChI is InChI=1S/C22H26Cl2N2O2/c1-3-13-25-22(28)16(2)26(15-18-9-11-19(23)20(24)14-18)21(27)12-10-17-7-5-4-6-8-17/h4-9,11,14,16H,3,10,12-13,15H2,1-2H3,(H,25,28)/t16-/m1/s1. The van der Waals surface area contributed by atoms with Crippen LogP contribution in [0.1, 0.15) is 37.8 Å². The summed E-state index contributed by atoms with van der Waals surface area (Å²) in [5.74, 6) is -0.232. The molecule has 28 heavy (non-hydrogen) atoms. The molecule has 0 saturated carbocycles. The van der Waals surface area contributed by atoms with Crippen molar-refractivity contribution in [2.45, 2.75) is 45.7 Å². The van der Waals surface area contributed by atoms with Gasteiger partial charge in [0.25, 0.3) is 0 Å². The van der Waals surface area contributed by atoms with Gasteiger partial charge in [-0.1, -0.05) is 66.5 Å². The molecule has 2 aromatic carbocycles. The predicted molar refractivity (Wildman–Crippen MR) is 115 cm³/mol. The number of rotatable bonds is 9. The van der Waals surface area contributed by atoms with Gasteiger partial charge in [-0.3, -0.25) is 9.59 Å². The molecule has 0 aromatic heterocycles. The van der Waals surface area contributed by atoms with Crippen molar-refractivity contribution in [1.82, 2.24) is 10.2 Å². The van der Waals surface area contributed by atoms with Crippen molar-refractivity contribution >= 4 is 35.0 Å². The van der Waals surface area contributed by atoms with Crippen molar-refractivity contribution in [2.75, 3.05) is 6.54 Å². The van der Waals surface area contributed by atoms with E-state index in [9.17, 15) is 9.59 Å². The van der Waals surface area contributed by atoms with E-state index in [0.29, 0.717) is 36.0 Å². The number of carbonyl (C=O) groups excluding carboxylic acids is 2. The molecule has 0 unspecified atom stereocenters. The minimum Gasteiger partial charge on any atom is -0.354 e. The molecular weight excluding hydrogens is 395 g/mol. The highest BCUT2D eigenvalue weighted by molar-refractivity contribution is 6.42. The SMILES string of the molecule is CCCNC(=O)[C@@H](C)N(Cc1ccc(Cl)c(Cl)c1)C(=O)CCc1ccccc1. The molecule has 0 aliphatic rings. The van der Waals surface area contributed by atoms with E-state index in [2.05, 4.69) is 5.32 Å². The smallest absolute Gasteiger partial charge is 0.242 e. The monoisotopic (exact) mass is 420 g/mol. The second-order valence-corrected chi connectivity index (χ2v) is 7.54. The number of nitrogens with zero attached hydrogens (tertiary/aromatic N) is 1. The van der Waals surface area contributed by atoms with E-state index in [1.165, 1.54) is 0 Å². The van der Waals surface area contributed by atoms with Gasteiger partial charge in [0, 0.05) is 19.5 Å². The first kappa shape index (κ1) is 22.3. The average Bonchev–Trinajstić information content (AvgIpc) is 2.71. The summed E-state index contributed by atoms with van der Waals surface area (Å²) in [6, 6.07) is 14.5. The van der Waals surface area contributed by atoms with Crippen molar-refractivity contribution in [3.63, 3.8) is 0 Å². The van der Waals surface area contributed by atoms with E-state index in [1.807, 2.05) is 43.3 Å². The number of hydrogen-bond donors (Lipinski definition) is 1. The van der Waals surface area contributed by atoms with Crippen LogP contribution in [0.2, 0.25) is 10.0 Å². The Morgan fingerprint density at radius 2 is 1.75 bits per heavy atom. The van der Waals surface area contributed by atoms with Gasteiger partial charge >= 0.3 is 0 Å². The first-order valence-corrected chi connectivity index (χ1v) is 10.2. The fraction of sp³-hybridized carbons (Fsp3) is 0.364. The Morgan fingerprint density at radius 3 is 2.39 bits per heavy atom. The zero-order valence-corrected chi connectivity index (χ0v) is 17.8. The van der Waals surface area contributed by atoms with Gasteiger partial charge in [-0.05, 0) is 43.0 Å². The molecule has 0 heterocycles. The number of aryl methyl sites for hydroxylation is 1. The second kappa shape index (κ2) is 11.1. The van der Waals surface area contributed by atoms with Crippen LogP contribution in [0.3, 0.4) is 0 Å². The van der Waals surface area contributed by atoms with Crippen LogP contribution in [-0.4, -0.2) is 29.3 Å². The lowest BCUT2D eigenvalue weighted by atomic mass is 10.1. The van der Waals surface area contributed by atoms with Crippen molar-refractivity contribution in [3.05, 3.63) is 69.7 Å². The molecule has 150 valence electrons. The molecule has 1 atom stereocenters. The molecule has 1 N–H and O–H groups in total. The van der Waals surface area contributed by atoms with Gasteiger partial charge in [-0.25, -0.2) is 0 Å². The van der Waals surface area contributed by atoms with Crippen LogP contribution >= 0.6 is 23.2 Å². The van der Waals surface area contributed by atoms with Crippen molar-refractivity contribution < 1.29 is 9.59 Å². The molecular formula is C22H26Cl2N2O2. The Hall–Kier alpha value is -2.04. The van der Waals surface area contributed by atoms with Gasteiger partial charge < -0.3 is 10.2 Å². The van der Waals surface area contributed by atoms with E-state index >= 15 is 0 Å². The number of hydrogen-bond acceptors (Lipinski definition) is 2. The van der Waals surface area contributed by atoms with Crippen molar-refractivity contribution in [3.8, 4) is 0 Å². The maximum atomic E-state index is 13.0. The number of amides is 2. The largest absolute Gasteiger partial charge is 0.354 e. The molecule has 2 aromatic rings. The highest BCUT2D eigenvalue weighted by atomic mass is 35.5. The van der Waals surface area contributed by atoms with E-state index in [-0.39, 0.29) is 11.8 Å². The summed E-state index contributed by atoms with van der Waals surface area (Å²) >= 11 is 12.1. The number of carbonyl (C=O) groups is 2. The Balaban J connectivity index is 2.15. The lowest BCUT2D eigenvalue weighted by molar-refractivity contribution is -0.140. The first-order valence-electron chi connectivity index (χ1n) is 9.47. The van der Waals surface area contributed by atoms with Crippen LogP contribution in [-0.2, 0) is 22.6 Å². The van der Waals surface area contributed by atoms with Crippen LogP contribution in [0.5, 0.6) is 0 Å². The molecule has 0 aliphatic heterocycles. The summed E-state index contributed by atoms with van der Waals surface area (Å²) in [4.78, 5) is 27.1.